The van der Waals surface area contributed by atoms with Gasteiger partial charge in [-0.05, 0) is 38.1 Å². The van der Waals surface area contributed by atoms with Crippen molar-refractivity contribution in [3.63, 3.8) is 0 Å². The van der Waals surface area contributed by atoms with Crippen molar-refractivity contribution < 1.29 is 14.3 Å². The number of hydrogen-bond acceptors (Lipinski definition) is 3. The molecule has 4 nitrogen and oxygen atoms in total. The third-order valence-corrected chi connectivity index (χ3v) is 4.27. The fourth-order valence-corrected chi connectivity index (χ4v) is 3.02. The Morgan fingerprint density at radius 2 is 1.96 bits per heavy atom. The average molecular weight is 413 g/mol. The Kier molecular flexibility index (Phi) is 6.52. The van der Waals surface area contributed by atoms with E-state index in [2.05, 4.69) is 21.2 Å². The average Bonchev–Trinajstić information content (AvgIpc) is 2.54. The predicted molar refractivity (Wildman–Crippen MR) is 98.9 cm³/mol. The fourth-order valence-electron chi connectivity index (χ4n) is 2.29. The van der Waals surface area contributed by atoms with Gasteiger partial charge in [-0.25, -0.2) is 0 Å². The maximum Gasteiger partial charge on any atom is 0.258 e. The maximum atomic E-state index is 12.1. The highest BCUT2D eigenvalue weighted by atomic mass is 79.9. The Labute approximate surface area is 155 Å². The number of amides is 1. The van der Waals surface area contributed by atoms with Gasteiger partial charge in [-0.1, -0.05) is 45.2 Å². The minimum atomic E-state index is -0.231. The van der Waals surface area contributed by atoms with Crippen molar-refractivity contribution in [1.82, 2.24) is 5.32 Å². The van der Waals surface area contributed by atoms with Gasteiger partial charge < -0.3 is 14.8 Å². The summed E-state index contributed by atoms with van der Waals surface area (Å²) in [6.45, 7) is 3.79. The molecule has 0 fully saturated rings. The van der Waals surface area contributed by atoms with Crippen LogP contribution in [-0.4, -0.2) is 19.6 Å². The molecule has 1 atom stereocenters. The monoisotopic (exact) mass is 411 g/mol. The van der Waals surface area contributed by atoms with Crippen LogP contribution in [0.4, 0.5) is 0 Å². The van der Waals surface area contributed by atoms with Crippen molar-refractivity contribution in [1.29, 1.82) is 0 Å². The number of rotatable bonds is 6. The number of ether oxygens (including phenoxy) is 2. The molecule has 0 radical (unpaired) electrons. The minimum Gasteiger partial charge on any atom is -0.496 e. The maximum absolute atomic E-state index is 12.1. The van der Waals surface area contributed by atoms with E-state index >= 15 is 0 Å². The third kappa shape index (κ3) is 4.89. The van der Waals surface area contributed by atoms with Gasteiger partial charge in [0, 0.05) is 10.0 Å². The molecule has 2 aromatic rings. The molecule has 0 aliphatic heterocycles. The molecule has 0 saturated heterocycles. The Hall–Kier alpha value is -1.72. The Morgan fingerprint density at radius 3 is 2.62 bits per heavy atom. The molecule has 24 heavy (non-hydrogen) atoms. The summed E-state index contributed by atoms with van der Waals surface area (Å²) in [4.78, 5) is 12.1. The van der Waals surface area contributed by atoms with E-state index in [0.717, 1.165) is 21.3 Å². The van der Waals surface area contributed by atoms with Crippen molar-refractivity contribution in [2.75, 3.05) is 13.7 Å². The summed E-state index contributed by atoms with van der Waals surface area (Å²) in [5, 5.41) is 3.35. The second-order valence-corrected chi connectivity index (χ2v) is 6.72. The van der Waals surface area contributed by atoms with Crippen molar-refractivity contribution >= 4 is 33.4 Å². The molecular weight excluding hydrogens is 394 g/mol. The summed E-state index contributed by atoms with van der Waals surface area (Å²) < 4.78 is 11.7. The van der Waals surface area contributed by atoms with Gasteiger partial charge in [0.25, 0.3) is 5.91 Å². The van der Waals surface area contributed by atoms with E-state index in [4.69, 9.17) is 21.1 Å². The first-order valence-corrected chi connectivity index (χ1v) is 8.59. The summed E-state index contributed by atoms with van der Waals surface area (Å²) in [6.07, 6.45) is 0. The van der Waals surface area contributed by atoms with Gasteiger partial charge >= 0.3 is 0 Å². The molecule has 0 aliphatic carbocycles. The van der Waals surface area contributed by atoms with Crippen molar-refractivity contribution in [3.8, 4) is 11.5 Å². The van der Waals surface area contributed by atoms with E-state index < -0.39 is 0 Å². The van der Waals surface area contributed by atoms with E-state index in [1.54, 1.807) is 25.3 Å². The van der Waals surface area contributed by atoms with E-state index in [9.17, 15) is 4.79 Å². The molecule has 0 bridgehead atoms. The van der Waals surface area contributed by atoms with Crippen LogP contribution in [0.1, 0.15) is 24.1 Å². The molecule has 0 unspecified atom stereocenters. The fraction of sp³-hybridized carbons (Fsp3) is 0.278. The smallest absolute Gasteiger partial charge is 0.258 e. The van der Waals surface area contributed by atoms with Crippen LogP contribution in [0.3, 0.4) is 0 Å². The Bertz CT molecular complexity index is 736. The number of carbonyl (C=O) groups excluding carboxylic acids is 1. The van der Waals surface area contributed by atoms with Crippen LogP contribution >= 0.6 is 27.5 Å². The number of halogens is 2. The van der Waals surface area contributed by atoms with Gasteiger partial charge in [0.15, 0.2) is 6.61 Å². The predicted octanol–water partition coefficient (Wildman–Crippen LogP) is 4.68. The van der Waals surface area contributed by atoms with Crippen molar-refractivity contribution in [2.24, 2.45) is 0 Å². The standard InChI is InChI=1S/C18H19BrClNO3/c1-11-4-6-16(23-3)14(8-11)12(2)21-18(22)10-24-17-7-5-13(19)9-15(17)20/h4-9,12H,10H2,1-3H3,(H,21,22)/t12-/m1/s1. The molecule has 2 aromatic carbocycles. The molecule has 128 valence electrons. The lowest BCUT2D eigenvalue weighted by molar-refractivity contribution is -0.123. The van der Waals surface area contributed by atoms with E-state index in [0.29, 0.717) is 10.8 Å². The highest BCUT2D eigenvalue weighted by Gasteiger charge is 2.15. The van der Waals surface area contributed by atoms with Crippen LogP contribution in [0.2, 0.25) is 5.02 Å². The number of benzene rings is 2. The van der Waals surface area contributed by atoms with Gasteiger partial charge in [-0.2, -0.15) is 0 Å². The topological polar surface area (TPSA) is 47.6 Å². The lowest BCUT2D eigenvalue weighted by Crippen LogP contribution is -2.31. The van der Waals surface area contributed by atoms with Crippen LogP contribution in [0.15, 0.2) is 40.9 Å². The van der Waals surface area contributed by atoms with Crippen LogP contribution in [0.25, 0.3) is 0 Å². The molecule has 0 heterocycles. The summed E-state index contributed by atoms with van der Waals surface area (Å²) in [6, 6.07) is 10.9. The molecule has 0 aromatic heterocycles. The third-order valence-electron chi connectivity index (χ3n) is 3.48. The lowest BCUT2D eigenvalue weighted by atomic mass is 10.0. The summed E-state index contributed by atoms with van der Waals surface area (Å²) in [5.74, 6) is 0.978. The first-order chi connectivity index (χ1) is 11.4. The number of nitrogens with one attached hydrogen (secondary N) is 1. The van der Waals surface area contributed by atoms with Crippen molar-refractivity contribution in [2.45, 2.75) is 19.9 Å². The summed E-state index contributed by atoms with van der Waals surface area (Å²) >= 11 is 9.39. The minimum absolute atomic E-state index is 0.111. The second kappa shape index (κ2) is 8.40. The molecule has 1 amide bonds. The van der Waals surface area contributed by atoms with Crippen LogP contribution in [0.5, 0.6) is 11.5 Å². The highest BCUT2D eigenvalue weighted by molar-refractivity contribution is 9.10. The zero-order valence-corrected chi connectivity index (χ0v) is 16.1. The zero-order valence-electron chi connectivity index (χ0n) is 13.7. The van der Waals surface area contributed by atoms with E-state index in [-0.39, 0.29) is 18.6 Å². The summed E-state index contributed by atoms with van der Waals surface area (Å²) in [5.41, 5.74) is 2.03. The molecule has 0 saturated carbocycles. The number of carbonyl (C=O) groups is 1. The van der Waals surface area contributed by atoms with Gasteiger partial charge in [0.1, 0.15) is 11.5 Å². The SMILES string of the molecule is COc1ccc(C)cc1[C@@H](C)NC(=O)COc1ccc(Br)cc1Cl. The quantitative estimate of drug-likeness (QED) is 0.749. The van der Waals surface area contributed by atoms with E-state index in [1.807, 2.05) is 32.0 Å². The largest absolute Gasteiger partial charge is 0.496 e. The molecular formula is C18H19BrClNO3. The van der Waals surface area contributed by atoms with Gasteiger partial charge in [0.05, 0.1) is 18.2 Å². The number of hydrogen-bond donors (Lipinski definition) is 1. The Balaban J connectivity index is 1.98. The number of aryl methyl sites for hydroxylation is 1. The molecule has 0 spiro atoms. The van der Waals surface area contributed by atoms with Gasteiger partial charge in [-0.15, -0.1) is 0 Å². The van der Waals surface area contributed by atoms with Crippen molar-refractivity contribution in [3.05, 3.63) is 57.0 Å². The first-order valence-electron chi connectivity index (χ1n) is 7.42. The second-order valence-electron chi connectivity index (χ2n) is 5.40. The van der Waals surface area contributed by atoms with Crippen LogP contribution in [0, 0.1) is 6.92 Å². The van der Waals surface area contributed by atoms with Crippen LogP contribution < -0.4 is 14.8 Å². The molecule has 1 N–H and O–H groups in total. The molecule has 2 rings (SSSR count). The van der Waals surface area contributed by atoms with Gasteiger partial charge in [-0.3, -0.25) is 4.79 Å². The normalized spacial score (nSPS) is 11.7. The lowest BCUT2D eigenvalue weighted by Gasteiger charge is -2.18. The number of methoxy groups -OCH3 is 1. The van der Waals surface area contributed by atoms with Gasteiger partial charge in [0.2, 0.25) is 0 Å². The van der Waals surface area contributed by atoms with Crippen LogP contribution in [-0.2, 0) is 4.79 Å². The Morgan fingerprint density at radius 1 is 1.25 bits per heavy atom. The summed E-state index contributed by atoms with van der Waals surface area (Å²) in [7, 11) is 1.61. The zero-order chi connectivity index (χ0) is 17.7. The molecule has 0 aliphatic rings. The highest BCUT2D eigenvalue weighted by Crippen LogP contribution is 2.28. The first kappa shape index (κ1) is 18.6. The molecule has 6 heteroatoms. The van der Waals surface area contributed by atoms with E-state index in [1.165, 1.54) is 0 Å².